The maximum atomic E-state index is 9.27. The predicted molar refractivity (Wildman–Crippen MR) is 109 cm³/mol. The molecule has 1 unspecified atom stereocenters. The van der Waals surface area contributed by atoms with Crippen LogP contribution in [0.1, 0.15) is 29.2 Å². The van der Waals surface area contributed by atoms with E-state index in [9.17, 15) is 5.26 Å². The Morgan fingerprint density at radius 3 is 1.93 bits per heavy atom. The van der Waals surface area contributed by atoms with Gasteiger partial charge in [-0.3, -0.25) is 5.26 Å². The lowest BCUT2D eigenvalue weighted by Crippen LogP contribution is -2.07. The van der Waals surface area contributed by atoms with Crippen LogP contribution in [0.5, 0.6) is 5.75 Å². The standard InChI is InChI=1S/C24H26O4/c25-28-24(16-11-20-7-3-1-4-8-20)22-12-14-23(15-13-22)27-19-26-18-17-21-9-5-2-6-10-21/h1-10,12-15,24-25H,11,16-19H2. The monoisotopic (exact) mass is 378 g/mol. The summed E-state index contributed by atoms with van der Waals surface area (Å²) in [5, 5.41) is 9.27. The van der Waals surface area contributed by atoms with E-state index in [1.807, 2.05) is 60.7 Å². The average molecular weight is 378 g/mol. The molecule has 3 aromatic carbocycles. The van der Waals surface area contributed by atoms with Crippen molar-refractivity contribution in [1.29, 1.82) is 0 Å². The number of ether oxygens (including phenoxy) is 2. The van der Waals surface area contributed by atoms with Crippen LogP contribution in [0.4, 0.5) is 0 Å². The Balaban J connectivity index is 1.40. The fraction of sp³-hybridized carbons (Fsp3) is 0.250. The Bertz CT molecular complexity index is 788. The summed E-state index contributed by atoms with van der Waals surface area (Å²) in [6.07, 6.45) is 2.03. The lowest BCUT2D eigenvalue weighted by molar-refractivity contribution is -0.283. The van der Waals surface area contributed by atoms with E-state index in [0.29, 0.717) is 13.0 Å². The van der Waals surface area contributed by atoms with Crippen LogP contribution in [0, 0.1) is 0 Å². The highest BCUT2D eigenvalue weighted by molar-refractivity contribution is 5.29. The summed E-state index contributed by atoms with van der Waals surface area (Å²) in [7, 11) is 0. The Kier molecular flexibility index (Phi) is 8.07. The van der Waals surface area contributed by atoms with Gasteiger partial charge in [0.15, 0.2) is 6.79 Å². The van der Waals surface area contributed by atoms with Gasteiger partial charge in [0, 0.05) is 0 Å². The molecule has 0 amide bonds. The smallest absolute Gasteiger partial charge is 0.189 e. The van der Waals surface area contributed by atoms with Crippen LogP contribution < -0.4 is 4.74 Å². The first-order chi connectivity index (χ1) is 13.8. The second-order valence-corrected chi connectivity index (χ2v) is 6.59. The molecule has 4 nitrogen and oxygen atoms in total. The first kappa shape index (κ1) is 20.1. The number of hydrogen-bond donors (Lipinski definition) is 1. The summed E-state index contributed by atoms with van der Waals surface area (Å²) < 4.78 is 11.2. The molecule has 28 heavy (non-hydrogen) atoms. The van der Waals surface area contributed by atoms with Crippen molar-refractivity contribution >= 4 is 0 Å². The Morgan fingerprint density at radius 2 is 1.32 bits per heavy atom. The van der Waals surface area contributed by atoms with Crippen LogP contribution in [0.2, 0.25) is 0 Å². The summed E-state index contributed by atoms with van der Waals surface area (Å²) in [5.41, 5.74) is 3.38. The van der Waals surface area contributed by atoms with Gasteiger partial charge >= 0.3 is 0 Å². The van der Waals surface area contributed by atoms with Crippen molar-refractivity contribution in [1.82, 2.24) is 0 Å². The normalized spacial score (nSPS) is 11.9. The zero-order valence-corrected chi connectivity index (χ0v) is 15.9. The van der Waals surface area contributed by atoms with E-state index in [0.717, 1.165) is 24.2 Å². The molecule has 3 rings (SSSR count). The van der Waals surface area contributed by atoms with E-state index in [1.54, 1.807) is 0 Å². The molecule has 0 aliphatic rings. The predicted octanol–water partition coefficient (Wildman–Crippen LogP) is 5.45. The quantitative estimate of drug-likeness (QED) is 0.209. The van der Waals surface area contributed by atoms with Gasteiger partial charge in [-0.25, -0.2) is 4.89 Å². The Labute approximate surface area is 166 Å². The topological polar surface area (TPSA) is 47.9 Å². The zero-order valence-electron chi connectivity index (χ0n) is 15.9. The minimum Gasteiger partial charge on any atom is -0.468 e. The maximum absolute atomic E-state index is 9.27. The van der Waals surface area contributed by atoms with E-state index < -0.39 is 0 Å². The van der Waals surface area contributed by atoms with Gasteiger partial charge in [0.25, 0.3) is 0 Å². The summed E-state index contributed by atoms with van der Waals surface area (Å²) >= 11 is 0. The van der Waals surface area contributed by atoms with Crippen molar-refractivity contribution in [2.45, 2.75) is 25.4 Å². The molecule has 0 aromatic heterocycles. The van der Waals surface area contributed by atoms with Gasteiger partial charge in [-0.05, 0) is 48.1 Å². The molecule has 0 bridgehead atoms. The van der Waals surface area contributed by atoms with Crippen LogP contribution in [0.15, 0.2) is 84.9 Å². The number of aryl methyl sites for hydroxylation is 1. The molecule has 0 fully saturated rings. The van der Waals surface area contributed by atoms with Gasteiger partial charge in [-0.1, -0.05) is 72.8 Å². The molecule has 0 radical (unpaired) electrons. The minimum atomic E-state index is -0.364. The van der Waals surface area contributed by atoms with Gasteiger partial charge < -0.3 is 9.47 Å². The van der Waals surface area contributed by atoms with Crippen LogP contribution in [0.25, 0.3) is 0 Å². The SMILES string of the molecule is OOC(CCc1ccccc1)c1ccc(OCOCCc2ccccc2)cc1. The fourth-order valence-corrected chi connectivity index (χ4v) is 3.00. The molecule has 146 valence electrons. The molecular weight excluding hydrogens is 352 g/mol. The molecule has 1 atom stereocenters. The second kappa shape index (κ2) is 11.2. The molecule has 0 saturated heterocycles. The van der Waals surface area contributed by atoms with Crippen LogP contribution in [0.3, 0.4) is 0 Å². The highest BCUT2D eigenvalue weighted by Crippen LogP contribution is 2.24. The summed E-state index contributed by atoms with van der Waals surface area (Å²) in [6.45, 7) is 0.822. The zero-order chi connectivity index (χ0) is 19.4. The van der Waals surface area contributed by atoms with Crippen LogP contribution >= 0.6 is 0 Å². The van der Waals surface area contributed by atoms with E-state index in [1.165, 1.54) is 11.1 Å². The molecule has 0 heterocycles. The van der Waals surface area contributed by atoms with Gasteiger partial charge in [0.05, 0.1) is 6.61 Å². The first-order valence-corrected chi connectivity index (χ1v) is 9.54. The van der Waals surface area contributed by atoms with Gasteiger partial charge in [-0.2, -0.15) is 0 Å². The molecule has 0 aliphatic carbocycles. The molecule has 4 heteroatoms. The number of benzene rings is 3. The van der Waals surface area contributed by atoms with E-state index in [-0.39, 0.29) is 12.9 Å². The van der Waals surface area contributed by atoms with Crippen molar-refractivity contribution in [3.05, 3.63) is 102 Å². The van der Waals surface area contributed by atoms with Crippen LogP contribution in [-0.4, -0.2) is 18.7 Å². The fourth-order valence-electron chi connectivity index (χ4n) is 3.00. The van der Waals surface area contributed by atoms with Crippen molar-refractivity contribution in [3.63, 3.8) is 0 Å². The second-order valence-electron chi connectivity index (χ2n) is 6.59. The summed E-state index contributed by atoms with van der Waals surface area (Å²) in [6, 6.07) is 27.9. The van der Waals surface area contributed by atoms with E-state index in [4.69, 9.17) is 9.47 Å². The van der Waals surface area contributed by atoms with Gasteiger partial charge in [-0.15, -0.1) is 0 Å². The highest BCUT2D eigenvalue weighted by atomic mass is 17.1. The Hall–Kier alpha value is -2.66. The third kappa shape index (κ3) is 6.50. The molecule has 0 aliphatic heterocycles. The van der Waals surface area contributed by atoms with Gasteiger partial charge in [0.2, 0.25) is 0 Å². The average Bonchev–Trinajstić information content (AvgIpc) is 2.76. The molecule has 1 N–H and O–H groups in total. The highest BCUT2D eigenvalue weighted by Gasteiger charge is 2.12. The van der Waals surface area contributed by atoms with E-state index in [2.05, 4.69) is 29.2 Å². The number of rotatable bonds is 11. The van der Waals surface area contributed by atoms with Crippen molar-refractivity contribution in [3.8, 4) is 5.75 Å². The molecule has 0 spiro atoms. The van der Waals surface area contributed by atoms with Crippen molar-refractivity contribution < 1.29 is 19.6 Å². The third-order valence-corrected chi connectivity index (χ3v) is 4.60. The summed E-state index contributed by atoms with van der Waals surface area (Å²) in [4.78, 5) is 4.69. The van der Waals surface area contributed by atoms with Crippen LogP contribution in [-0.2, 0) is 22.5 Å². The molecule has 0 saturated carbocycles. The lowest BCUT2D eigenvalue weighted by Gasteiger charge is -2.14. The first-order valence-electron chi connectivity index (χ1n) is 9.54. The van der Waals surface area contributed by atoms with Crippen molar-refractivity contribution in [2.24, 2.45) is 0 Å². The molecule has 3 aromatic rings. The lowest BCUT2D eigenvalue weighted by atomic mass is 10.0. The minimum absolute atomic E-state index is 0.208. The van der Waals surface area contributed by atoms with E-state index >= 15 is 0 Å². The third-order valence-electron chi connectivity index (χ3n) is 4.60. The van der Waals surface area contributed by atoms with Crippen molar-refractivity contribution in [2.75, 3.05) is 13.4 Å². The maximum Gasteiger partial charge on any atom is 0.189 e. The number of hydrogen-bond acceptors (Lipinski definition) is 4. The summed E-state index contributed by atoms with van der Waals surface area (Å²) in [5.74, 6) is 0.725. The van der Waals surface area contributed by atoms with Gasteiger partial charge in [0.1, 0.15) is 11.9 Å². The Morgan fingerprint density at radius 1 is 0.714 bits per heavy atom. The largest absolute Gasteiger partial charge is 0.468 e. The molecular formula is C24H26O4.